The normalized spacial score (nSPS) is 12.6. The van der Waals surface area contributed by atoms with Gasteiger partial charge in [0.1, 0.15) is 0 Å². The predicted octanol–water partition coefficient (Wildman–Crippen LogP) is 1.33. The molecule has 2 aromatic heterocycles. The molecule has 0 aliphatic heterocycles. The van der Waals surface area contributed by atoms with E-state index in [2.05, 4.69) is 15.4 Å². The van der Waals surface area contributed by atoms with Gasteiger partial charge in [0.15, 0.2) is 5.65 Å². The number of rotatable bonds is 5. The first-order chi connectivity index (χ1) is 9.93. The number of nitrogens with one attached hydrogen (secondary N) is 1. The molecule has 0 fully saturated rings. The Morgan fingerprint density at radius 1 is 1.48 bits per heavy atom. The lowest BCUT2D eigenvalue weighted by Crippen LogP contribution is -2.29. The highest BCUT2D eigenvalue weighted by Crippen LogP contribution is 2.21. The summed E-state index contributed by atoms with van der Waals surface area (Å²) in [5, 5.41) is 17.0. The third-order valence-corrected chi connectivity index (χ3v) is 3.57. The molecule has 21 heavy (non-hydrogen) atoms. The topological polar surface area (TPSA) is 80.0 Å². The van der Waals surface area contributed by atoms with Gasteiger partial charge < -0.3 is 10.4 Å². The molecule has 6 nitrogen and oxygen atoms in total. The maximum absolute atomic E-state index is 12.4. The minimum Gasteiger partial charge on any atom is -0.396 e. The Morgan fingerprint density at radius 2 is 2.19 bits per heavy atom. The number of aryl methyl sites for hydroxylation is 3. The second-order valence-corrected chi connectivity index (χ2v) is 5.55. The van der Waals surface area contributed by atoms with Crippen molar-refractivity contribution in [3.63, 3.8) is 0 Å². The molecule has 0 saturated carbocycles. The van der Waals surface area contributed by atoms with Gasteiger partial charge in [-0.15, -0.1) is 0 Å². The van der Waals surface area contributed by atoms with Gasteiger partial charge in [0.25, 0.3) is 5.91 Å². The highest BCUT2D eigenvalue weighted by molar-refractivity contribution is 6.06. The van der Waals surface area contributed by atoms with Crippen LogP contribution < -0.4 is 5.32 Å². The third-order valence-electron chi connectivity index (χ3n) is 3.57. The van der Waals surface area contributed by atoms with Crippen molar-refractivity contribution >= 4 is 16.9 Å². The fourth-order valence-electron chi connectivity index (χ4n) is 2.43. The number of carbonyl (C=O) groups excluding carboxylic acids is 1. The molecule has 2 heterocycles. The van der Waals surface area contributed by atoms with Crippen LogP contribution in [0.3, 0.4) is 0 Å². The van der Waals surface area contributed by atoms with Crippen LogP contribution in [0.15, 0.2) is 6.07 Å². The number of hydrogen-bond donors (Lipinski definition) is 2. The van der Waals surface area contributed by atoms with Crippen molar-refractivity contribution in [2.75, 3.05) is 13.2 Å². The van der Waals surface area contributed by atoms with Crippen molar-refractivity contribution in [1.29, 1.82) is 0 Å². The first kappa shape index (κ1) is 15.4. The summed E-state index contributed by atoms with van der Waals surface area (Å²) in [7, 11) is 1.83. The van der Waals surface area contributed by atoms with Gasteiger partial charge in [-0.25, -0.2) is 4.98 Å². The van der Waals surface area contributed by atoms with Crippen LogP contribution in [0.25, 0.3) is 11.0 Å². The standard InChI is InChI=1S/C15H22N4O2/c1-9(5-6-20)8-16-15(21)12-7-10(2)17-14-13(12)11(3)18-19(14)4/h7,9,20H,5-6,8H2,1-4H3,(H,16,21). The van der Waals surface area contributed by atoms with E-state index in [0.29, 0.717) is 18.5 Å². The lowest BCUT2D eigenvalue weighted by molar-refractivity contribution is 0.0947. The average molecular weight is 290 g/mol. The van der Waals surface area contributed by atoms with E-state index in [0.717, 1.165) is 22.4 Å². The van der Waals surface area contributed by atoms with E-state index < -0.39 is 0 Å². The summed E-state index contributed by atoms with van der Waals surface area (Å²) in [5.74, 6) is 0.124. The van der Waals surface area contributed by atoms with Crippen LogP contribution >= 0.6 is 0 Å². The zero-order valence-electron chi connectivity index (χ0n) is 13.0. The summed E-state index contributed by atoms with van der Waals surface area (Å²) in [4.78, 5) is 16.9. The van der Waals surface area contributed by atoms with E-state index in [4.69, 9.17) is 5.11 Å². The van der Waals surface area contributed by atoms with Crippen molar-refractivity contribution in [1.82, 2.24) is 20.1 Å². The van der Waals surface area contributed by atoms with Crippen LogP contribution in [-0.4, -0.2) is 38.9 Å². The van der Waals surface area contributed by atoms with Crippen molar-refractivity contribution in [2.45, 2.75) is 27.2 Å². The van der Waals surface area contributed by atoms with Gasteiger partial charge in [0.05, 0.1) is 16.6 Å². The van der Waals surface area contributed by atoms with E-state index in [-0.39, 0.29) is 18.4 Å². The van der Waals surface area contributed by atoms with Gasteiger partial charge >= 0.3 is 0 Å². The molecule has 0 aliphatic carbocycles. The van der Waals surface area contributed by atoms with Crippen molar-refractivity contribution in [3.05, 3.63) is 23.0 Å². The zero-order chi connectivity index (χ0) is 15.6. The van der Waals surface area contributed by atoms with Gasteiger partial charge in [-0.2, -0.15) is 5.10 Å². The Morgan fingerprint density at radius 3 is 2.86 bits per heavy atom. The van der Waals surface area contributed by atoms with Gasteiger partial charge in [-0.05, 0) is 32.3 Å². The van der Waals surface area contributed by atoms with Crippen LogP contribution in [0.5, 0.6) is 0 Å². The summed E-state index contributed by atoms with van der Waals surface area (Å²) < 4.78 is 1.70. The molecular weight excluding hydrogens is 268 g/mol. The van der Waals surface area contributed by atoms with Gasteiger partial charge in [-0.1, -0.05) is 6.92 Å². The average Bonchev–Trinajstić information content (AvgIpc) is 2.70. The van der Waals surface area contributed by atoms with Crippen LogP contribution in [-0.2, 0) is 7.05 Å². The van der Waals surface area contributed by atoms with Crippen LogP contribution in [0, 0.1) is 19.8 Å². The molecule has 6 heteroatoms. The van der Waals surface area contributed by atoms with Crippen molar-refractivity contribution < 1.29 is 9.90 Å². The third kappa shape index (κ3) is 3.21. The SMILES string of the molecule is Cc1cc(C(=O)NCC(C)CCO)c2c(C)nn(C)c2n1. The minimum atomic E-state index is -0.119. The Balaban J connectivity index is 2.30. The Labute approximate surface area is 124 Å². The first-order valence-electron chi connectivity index (χ1n) is 7.14. The number of fused-ring (bicyclic) bond motifs is 1. The zero-order valence-corrected chi connectivity index (χ0v) is 13.0. The number of aliphatic hydroxyl groups excluding tert-OH is 1. The molecule has 1 atom stereocenters. The number of nitrogens with zero attached hydrogens (tertiary/aromatic N) is 3. The smallest absolute Gasteiger partial charge is 0.252 e. The Bertz CT molecular complexity index is 663. The molecule has 1 unspecified atom stereocenters. The monoisotopic (exact) mass is 290 g/mol. The van der Waals surface area contributed by atoms with E-state index in [1.807, 2.05) is 27.8 Å². The lowest BCUT2D eigenvalue weighted by atomic mass is 10.1. The second-order valence-electron chi connectivity index (χ2n) is 5.55. The Hall–Kier alpha value is -1.95. The molecule has 0 aliphatic rings. The molecular formula is C15H22N4O2. The molecule has 2 aromatic rings. The largest absolute Gasteiger partial charge is 0.396 e. The Kier molecular flexibility index (Phi) is 4.57. The quantitative estimate of drug-likeness (QED) is 0.870. The molecule has 0 saturated heterocycles. The number of pyridine rings is 1. The fourth-order valence-corrected chi connectivity index (χ4v) is 2.43. The van der Waals surface area contributed by atoms with E-state index in [9.17, 15) is 4.79 Å². The van der Waals surface area contributed by atoms with Crippen LogP contribution in [0.2, 0.25) is 0 Å². The van der Waals surface area contributed by atoms with Gasteiger partial charge in [0, 0.05) is 25.9 Å². The molecule has 0 radical (unpaired) electrons. The number of carbonyl (C=O) groups is 1. The molecule has 0 bridgehead atoms. The fraction of sp³-hybridized carbons (Fsp3) is 0.533. The number of aromatic nitrogens is 3. The van der Waals surface area contributed by atoms with Crippen molar-refractivity contribution in [3.8, 4) is 0 Å². The van der Waals surface area contributed by atoms with Crippen LogP contribution in [0.4, 0.5) is 0 Å². The van der Waals surface area contributed by atoms with Gasteiger partial charge in [0.2, 0.25) is 0 Å². The highest BCUT2D eigenvalue weighted by Gasteiger charge is 2.17. The molecule has 0 aromatic carbocycles. The number of amides is 1. The van der Waals surface area contributed by atoms with E-state index in [1.54, 1.807) is 10.7 Å². The molecule has 1 amide bonds. The van der Waals surface area contributed by atoms with Crippen LogP contribution in [0.1, 0.15) is 35.1 Å². The summed E-state index contributed by atoms with van der Waals surface area (Å²) in [6, 6.07) is 1.79. The summed E-state index contributed by atoms with van der Waals surface area (Å²) in [5.41, 5.74) is 2.92. The minimum absolute atomic E-state index is 0.119. The first-order valence-corrected chi connectivity index (χ1v) is 7.14. The molecule has 114 valence electrons. The van der Waals surface area contributed by atoms with E-state index in [1.165, 1.54) is 0 Å². The maximum Gasteiger partial charge on any atom is 0.252 e. The maximum atomic E-state index is 12.4. The molecule has 0 spiro atoms. The number of aliphatic hydroxyl groups is 1. The predicted molar refractivity (Wildman–Crippen MR) is 81.2 cm³/mol. The van der Waals surface area contributed by atoms with Gasteiger partial charge in [-0.3, -0.25) is 9.48 Å². The second kappa shape index (κ2) is 6.22. The number of hydrogen-bond acceptors (Lipinski definition) is 4. The summed E-state index contributed by atoms with van der Waals surface area (Å²) >= 11 is 0. The van der Waals surface area contributed by atoms with Crippen molar-refractivity contribution in [2.24, 2.45) is 13.0 Å². The lowest BCUT2D eigenvalue weighted by Gasteiger charge is -2.12. The highest BCUT2D eigenvalue weighted by atomic mass is 16.3. The molecule has 2 rings (SSSR count). The summed E-state index contributed by atoms with van der Waals surface area (Å²) in [6.45, 7) is 6.43. The summed E-state index contributed by atoms with van der Waals surface area (Å²) in [6.07, 6.45) is 0.678. The van der Waals surface area contributed by atoms with E-state index >= 15 is 0 Å². The molecule has 2 N–H and O–H groups in total.